The van der Waals surface area contributed by atoms with Gasteiger partial charge < -0.3 is 10.4 Å². The molecule has 2 rings (SSSR count). The number of hydrogen-bond donors (Lipinski definition) is 2. The molecule has 0 spiro atoms. The Hall–Kier alpha value is -1.17. The van der Waals surface area contributed by atoms with Gasteiger partial charge in [-0.3, -0.25) is 4.68 Å². The molecule has 2 atom stereocenters. The second kappa shape index (κ2) is 5.45. The van der Waals surface area contributed by atoms with Crippen LogP contribution in [-0.2, 0) is 12.6 Å². The number of aromatic nitrogens is 2. The fourth-order valence-corrected chi connectivity index (χ4v) is 2.86. The molecule has 0 aliphatic heterocycles. The molecule has 2 unspecified atom stereocenters. The Labute approximate surface area is 118 Å². The molecule has 0 saturated carbocycles. The van der Waals surface area contributed by atoms with Gasteiger partial charge in [-0.25, -0.2) is 0 Å². The first-order chi connectivity index (χ1) is 8.92. The maximum atomic E-state index is 10.5. The topological polar surface area (TPSA) is 50.1 Å². The first-order valence-corrected chi connectivity index (χ1v) is 7.33. The van der Waals surface area contributed by atoms with Crippen LogP contribution < -0.4 is 5.32 Å². The van der Waals surface area contributed by atoms with Gasteiger partial charge in [0.25, 0.3) is 0 Å². The van der Waals surface area contributed by atoms with Crippen molar-refractivity contribution in [3.05, 3.63) is 39.8 Å². The number of thiophene rings is 1. The highest BCUT2D eigenvalue weighted by Gasteiger charge is 2.24. The van der Waals surface area contributed by atoms with E-state index in [1.165, 1.54) is 5.56 Å². The van der Waals surface area contributed by atoms with Crippen LogP contribution in [0, 0.1) is 6.92 Å². The number of nitrogens with one attached hydrogen (secondary N) is 1. The summed E-state index contributed by atoms with van der Waals surface area (Å²) in [5, 5.41) is 22.1. The van der Waals surface area contributed by atoms with E-state index in [1.54, 1.807) is 11.3 Å². The average molecular weight is 279 g/mol. The van der Waals surface area contributed by atoms with Gasteiger partial charge in [0.15, 0.2) is 0 Å². The van der Waals surface area contributed by atoms with E-state index in [4.69, 9.17) is 0 Å². The van der Waals surface area contributed by atoms with E-state index in [-0.39, 0.29) is 6.04 Å². The van der Waals surface area contributed by atoms with Crippen molar-refractivity contribution >= 4 is 11.3 Å². The highest BCUT2D eigenvalue weighted by Crippen LogP contribution is 2.24. The van der Waals surface area contributed by atoms with Gasteiger partial charge in [-0.15, -0.1) is 0 Å². The lowest BCUT2D eigenvalue weighted by atomic mass is 9.98. The van der Waals surface area contributed by atoms with E-state index in [0.717, 1.165) is 11.3 Å². The second-order valence-corrected chi connectivity index (χ2v) is 5.98. The van der Waals surface area contributed by atoms with Crippen LogP contribution in [0.1, 0.15) is 36.7 Å². The summed E-state index contributed by atoms with van der Waals surface area (Å²) in [5.41, 5.74) is 2.43. The molecular formula is C14H21N3OS. The Morgan fingerprint density at radius 2 is 2.32 bits per heavy atom. The summed E-state index contributed by atoms with van der Waals surface area (Å²) in [4.78, 5) is 0. The number of aliphatic hydroxyl groups is 1. The summed E-state index contributed by atoms with van der Waals surface area (Å²) < 4.78 is 1.87. The largest absolute Gasteiger partial charge is 0.384 e. The molecule has 0 aliphatic rings. The van der Waals surface area contributed by atoms with Gasteiger partial charge in [-0.1, -0.05) is 0 Å². The van der Waals surface area contributed by atoms with Crippen molar-refractivity contribution in [1.82, 2.24) is 15.1 Å². The zero-order valence-electron chi connectivity index (χ0n) is 11.8. The molecule has 5 heteroatoms. The van der Waals surface area contributed by atoms with Gasteiger partial charge in [0.05, 0.1) is 6.20 Å². The standard InChI is InChI=1S/C14H21N3OS/c1-10(13-7-16-17(4)11(13)2)15-9-14(3,18)12-5-6-19-8-12/h5-8,10,15,18H,9H2,1-4H3. The third kappa shape index (κ3) is 3.05. The molecule has 0 aromatic carbocycles. The van der Waals surface area contributed by atoms with Crippen molar-refractivity contribution in [3.8, 4) is 0 Å². The Bertz CT molecular complexity index is 531. The van der Waals surface area contributed by atoms with Crippen LogP contribution >= 0.6 is 11.3 Å². The number of nitrogens with zero attached hydrogens (tertiary/aromatic N) is 2. The molecule has 2 aromatic heterocycles. The van der Waals surface area contributed by atoms with Crippen LogP contribution in [0.5, 0.6) is 0 Å². The van der Waals surface area contributed by atoms with Gasteiger partial charge in [0.1, 0.15) is 5.60 Å². The Balaban J connectivity index is 2.01. The molecule has 0 fully saturated rings. The Morgan fingerprint density at radius 1 is 1.58 bits per heavy atom. The number of hydrogen-bond acceptors (Lipinski definition) is 4. The zero-order chi connectivity index (χ0) is 14.0. The zero-order valence-corrected chi connectivity index (χ0v) is 12.7. The molecule has 0 saturated heterocycles. The lowest BCUT2D eigenvalue weighted by Gasteiger charge is -2.25. The molecular weight excluding hydrogens is 258 g/mol. The molecule has 0 aliphatic carbocycles. The van der Waals surface area contributed by atoms with E-state index < -0.39 is 5.60 Å². The summed E-state index contributed by atoms with van der Waals surface area (Å²) in [6.45, 7) is 6.50. The molecule has 104 valence electrons. The van der Waals surface area contributed by atoms with Crippen LogP contribution in [0.25, 0.3) is 0 Å². The highest BCUT2D eigenvalue weighted by molar-refractivity contribution is 7.08. The van der Waals surface area contributed by atoms with E-state index in [2.05, 4.69) is 24.3 Å². The maximum absolute atomic E-state index is 10.5. The van der Waals surface area contributed by atoms with Crippen molar-refractivity contribution in [2.45, 2.75) is 32.4 Å². The summed E-state index contributed by atoms with van der Waals surface area (Å²) in [7, 11) is 1.94. The molecule has 19 heavy (non-hydrogen) atoms. The van der Waals surface area contributed by atoms with Crippen molar-refractivity contribution in [2.75, 3.05) is 6.54 Å². The second-order valence-electron chi connectivity index (χ2n) is 5.20. The van der Waals surface area contributed by atoms with E-state index in [1.807, 2.05) is 41.7 Å². The molecule has 0 radical (unpaired) electrons. The minimum absolute atomic E-state index is 0.166. The van der Waals surface area contributed by atoms with Crippen molar-refractivity contribution in [3.63, 3.8) is 0 Å². The van der Waals surface area contributed by atoms with Crippen LogP contribution in [0.2, 0.25) is 0 Å². The third-order valence-corrected chi connectivity index (χ3v) is 4.32. The quantitative estimate of drug-likeness (QED) is 0.883. The fraction of sp³-hybridized carbons (Fsp3) is 0.500. The smallest absolute Gasteiger partial charge is 0.100 e. The van der Waals surface area contributed by atoms with Crippen LogP contribution in [0.4, 0.5) is 0 Å². The Morgan fingerprint density at radius 3 is 2.84 bits per heavy atom. The van der Waals surface area contributed by atoms with Crippen LogP contribution in [-0.4, -0.2) is 21.4 Å². The van der Waals surface area contributed by atoms with Crippen molar-refractivity contribution in [1.29, 1.82) is 0 Å². The van der Waals surface area contributed by atoms with E-state index in [9.17, 15) is 5.11 Å². The summed E-state index contributed by atoms with van der Waals surface area (Å²) in [5.74, 6) is 0. The summed E-state index contributed by atoms with van der Waals surface area (Å²) >= 11 is 1.60. The van der Waals surface area contributed by atoms with Gasteiger partial charge in [-0.05, 0) is 43.2 Å². The molecule has 4 nitrogen and oxygen atoms in total. The van der Waals surface area contributed by atoms with Gasteiger partial charge in [0, 0.05) is 30.9 Å². The molecule has 0 amide bonds. The first-order valence-electron chi connectivity index (χ1n) is 6.39. The predicted octanol–water partition coefficient (Wildman–Crippen LogP) is 2.35. The lowest BCUT2D eigenvalue weighted by Crippen LogP contribution is -2.36. The minimum atomic E-state index is -0.843. The molecule has 0 bridgehead atoms. The minimum Gasteiger partial charge on any atom is -0.384 e. The molecule has 2 N–H and O–H groups in total. The van der Waals surface area contributed by atoms with Gasteiger partial charge >= 0.3 is 0 Å². The third-order valence-electron chi connectivity index (χ3n) is 3.64. The Kier molecular flexibility index (Phi) is 4.08. The first kappa shape index (κ1) is 14.2. The lowest BCUT2D eigenvalue weighted by molar-refractivity contribution is 0.0548. The average Bonchev–Trinajstić information content (AvgIpc) is 2.99. The normalized spacial score (nSPS) is 16.3. The summed E-state index contributed by atoms with van der Waals surface area (Å²) in [6.07, 6.45) is 1.88. The van der Waals surface area contributed by atoms with Crippen LogP contribution in [0.3, 0.4) is 0 Å². The van der Waals surface area contributed by atoms with Crippen molar-refractivity contribution in [2.24, 2.45) is 7.05 Å². The van der Waals surface area contributed by atoms with E-state index in [0.29, 0.717) is 6.54 Å². The number of aryl methyl sites for hydroxylation is 1. The summed E-state index contributed by atoms with van der Waals surface area (Å²) in [6, 6.07) is 2.13. The maximum Gasteiger partial charge on any atom is 0.100 e. The predicted molar refractivity (Wildman–Crippen MR) is 78.3 cm³/mol. The van der Waals surface area contributed by atoms with Gasteiger partial charge in [0.2, 0.25) is 0 Å². The fourth-order valence-electron chi connectivity index (χ4n) is 2.08. The van der Waals surface area contributed by atoms with E-state index >= 15 is 0 Å². The highest BCUT2D eigenvalue weighted by atomic mass is 32.1. The SMILES string of the molecule is Cc1c(C(C)NCC(C)(O)c2ccsc2)cnn1C. The van der Waals surface area contributed by atoms with Crippen molar-refractivity contribution < 1.29 is 5.11 Å². The van der Waals surface area contributed by atoms with Crippen LogP contribution in [0.15, 0.2) is 23.0 Å². The molecule has 2 aromatic rings. The number of rotatable bonds is 5. The van der Waals surface area contributed by atoms with Gasteiger partial charge in [-0.2, -0.15) is 16.4 Å². The molecule has 2 heterocycles. The monoisotopic (exact) mass is 279 g/mol.